The zero-order valence-electron chi connectivity index (χ0n) is 17.1. The standard InChI is InChI=1S/C18H29N5O6/c1-12-10-22(3)13(11-21(12)2)18(28)20-8-6-14(24)19-9-7-17(27)29-23-15(25)4-5-16(23)26/h12-13H,4-11H2,1-3H3,(H,19,24)(H,20,28)/i6+1,7+1,8+1,9+1,14+1,17+1,19+1,20+1,21+1. The van der Waals surface area contributed by atoms with E-state index in [-0.39, 0.29) is 56.6 Å². The molecule has 2 atom stereocenters. The van der Waals surface area contributed by atoms with Crippen molar-refractivity contribution < 1.29 is 28.8 Å². The van der Waals surface area contributed by atoms with Crippen molar-refractivity contribution in [1.29, 1.82) is 0 Å². The fraction of sp³-hybridized carbons (Fsp3) is 0.722. The molecule has 0 aromatic carbocycles. The van der Waals surface area contributed by atoms with Crippen molar-refractivity contribution >= 4 is 29.6 Å². The topological polar surface area (TPSA) is 128 Å². The highest BCUT2D eigenvalue weighted by molar-refractivity contribution is 6.01. The Hall–Kier alpha value is -2.53. The molecule has 0 aromatic rings. The van der Waals surface area contributed by atoms with Crippen LogP contribution in [0.2, 0.25) is 0 Å². The van der Waals surface area contributed by atoms with Crippen LogP contribution in [-0.2, 0) is 28.8 Å². The van der Waals surface area contributed by atoms with Gasteiger partial charge >= 0.3 is 5.97 Å². The summed E-state index contributed by atoms with van der Waals surface area (Å²) in [6.45, 7) is 3.72. The number of nitrogens with one attached hydrogen (secondary N) is 2. The molecule has 2 aliphatic rings. The van der Waals surface area contributed by atoms with Crippen molar-refractivity contribution in [3.05, 3.63) is 0 Å². The lowest BCUT2D eigenvalue weighted by Crippen LogP contribution is -2.59. The molecule has 11 nitrogen and oxygen atoms in total. The van der Waals surface area contributed by atoms with Crippen molar-refractivity contribution in [3.63, 3.8) is 0 Å². The van der Waals surface area contributed by atoms with Gasteiger partial charge in [-0.1, -0.05) is 0 Å². The van der Waals surface area contributed by atoms with Crippen LogP contribution in [0.1, 0.15) is 32.6 Å². The number of likely N-dealkylation sites (N-methyl/N-ethyl adjacent to an activating group) is 2. The van der Waals surface area contributed by atoms with Crippen molar-refractivity contribution in [3.8, 4) is 0 Å². The number of amides is 4. The molecule has 2 unspecified atom stereocenters. The highest BCUT2D eigenvalue weighted by Gasteiger charge is 2.33. The fourth-order valence-corrected chi connectivity index (χ4v) is 3.17. The zero-order chi connectivity index (χ0) is 21.6. The second kappa shape index (κ2) is 10.3. The quantitative estimate of drug-likeness (QED) is 0.269. The number of piperazine rings is 1. The van der Waals surface area contributed by atoms with Crippen molar-refractivity contribution in [2.24, 2.45) is 0 Å². The van der Waals surface area contributed by atoms with Crippen molar-refractivity contribution in [1.82, 2.24) is 25.5 Å². The van der Waals surface area contributed by atoms with Gasteiger partial charge in [0.25, 0.3) is 11.8 Å². The van der Waals surface area contributed by atoms with Crippen LogP contribution < -0.4 is 10.6 Å². The van der Waals surface area contributed by atoms with Crippen molar-refractivity contribution in [2.45, 2.75) is 44.7 Å². The molecule has 2 heterocycles. The maximum atomic E-state index is 12.3. The van der Waals surface area contributed by atoms with Crippen LogP contribution >= 0.6 is 0 Å². The van der Waals surface area contributed by atoms with E-state index in [0.717, 1.165) is 6.54 Å². The number of nitrogens with zero attached hydrogens (tertiary/aromatic N) is 3. The molecule has 0 aromatic heterocycles. The lowest BCUT2D eigenvalue weighted by Gasteiger charge is -2.41. The summed E-state index contributed by atoms with van der Waals surface area (Å²) < 4.78 is 0. The minimum absolute atomic E-state index is 0.00980. The first-order valence-corrected chi connectivity index (χ1v) is 9.70. The number of hydroxylamine groups is 2. The Balaban J connectivity index is 1.60. The van der Waals surface area contributed by atoms with Crippen molar-refractivity contribution in [2.75, 3.05) is 40.3 Å². The van der Waals surface area contributed by atoms with E-state index in [0.29, 0.717) is 17.6 Å². The molecule has 2 fully saturated rings. The average molecular weight is 420 g/mol. The fourth-order valence-electron chi connectivity index (χ4n) is 3.17. The smallest absolute Gasteiger partial charge is 0.334 e. The Bertz CT molecular complexity index is 653. The van der Waals surface area contributed by atoms with Crippen LogP contribution in [0, 0.1) is 0 Å². The van der Waals surface area contributed by atoms with Gasteiger partial charge in [-0.05, 0) is 21.0 Å². The molecule has 0 saturated carbocycles. The van der Waals surface area contributed by atoms with Gasteiger partial charge in [-0.2, -0.15) is 0 Å². The number of imide groups is 1. The molecule has 162 valence electrons. The van der Waals surface area contributed by atoms with Gasteiger partial charge in [0.15, 0.2) is 0 Å². The Morgan fingerprint density at radius 3 is 2.24 bits per heavy atom. The number of carbonyl (C=O) groups excluding carboxylic acids is 5. The summed E-state index contributed by atoms with van der Waals surface area (Å²) in [5.74, 6) is -2.32. The molecular weight excluding hydrogens is 391 g/mol. The van der Waals surface area contributed by atoms with E-state index >= 15 is 0 Å². The number of hydrogen-bond acceptors (Lipinski definition) is 8. The van der Waals surface area contributed by atoms with Gasteiger partial charge < -0.3 is 20.4 Å². The van der Waals surface area contributed by atoms with Crippen LogP contribution in [0.4, 0.5) is 0 Å². The second-order valence-electron chi connectivity index (χ2n) is 7.43. The maximum absolute atomic E-state index is 12.3. The third kappa shape index (κ3) is 6.50. The number of rotatable bonds is 8. The largest absolute Gasteiger partial charge is 0.355 e. The Morgan fingerprint density at radius 2 is 1.59 bits per heavy atom. The summed E-state index contributed by atoms with van der Waals surface area (Å²) >= 11 is 0. The van der Waals surface area contributed by atoms with Crippen LogP contribution in [0.5, 0.6) is 0 Å². The maximum Gasteiger partial charge on any atom is 0.334 e. The molecule has 2 rings (SSSR count). The molecule has 4 amide bonds. The minimum Gasteiger partial charge on any atom is -0.355 e. The molecule has 2 saturated heterocycles. The molecular formula is C18H29N5O6. The predicted octanol–water partition coefficient (Wildman–Crippen LogP) is -1.76. The molecule has 11 heteroatoms. The second-order valence-corrected chi connectivity index (χ2v) is 7.43. The molecule has 0 bridgehead atoms. The van der Waals surface area contributed by atoms with Crippen LogP contribution in [0.25, 0.3) is 0 Å². The highest BCUT2D eigenvalue weighted by atomic mass is 16.8. The van der Waals surface area contributed by atoms with Gasteiger partial charge in [-0.3, -0.25) is 24.1 Å². The molecule has 2 N–H and O–H groups in total. The normalized spacial score (nSPS) is 23.2. The SMILES string of the molecule is CC1CN(C)C(C(=O)[15NH][13CH2][13CH2][13C](=O)[15NH][13CH2][13CH2][13C](=O)ON2C(=O)CCC2=O)C[15N]1C. The molecule has 0 spiro atoms. The molecule has 0 radical (unpaired) electrons. The molecule has 2 aliphatic heterocycles. The van der Waals surface area contributed by atoms with Gasteiger partial charge in [-0.25, -0.2) is 4.79 Å². The number of hydrogen-bond donors (Lipinski definition) is 2. The van der Waals surface area contributed by atoms with Crippen LogP contribution in [-0.4, -0.2) is 96.8 Å². The first-order valence-electron chi connectivity index (χ1n) is 9.70. The lowest BCUT2D eigenvalue weighted by molar-refractivity contribution is -0.197. The molecule has 0 aliphatic carbocycles. The van der Waals surface area contributed by atoms with Gasteiger partial charge in [-0.15, -0.1) is 5.06 Å². The first-order chi connectivity index (χ1) is 13.7. The van der Waals surface area contributed by atoms with Gasteiger partial charge in [0.2, 0.25) is 11.8 Å². The Morgan fingerprint density at radius 1 is 0.966 bits per heavy atom. The third-order valence-electron chi connectivity index (χ3n) is 5.10. The minimum atomic E-state index is -0.777. The lowest BCUT2D eigenvalue weighted by atomic mass is 10.1. The Kier molecular flexibility index (Phi) is 8.09. The summed E-state index contributed by atoms with van der Waals surface area (Å²) in [6.07, 6.45) is -0.0415. The van der Waals surface area contributed by atoms with E-state index < -0.39 is 17.8 Å². The van der Waals surface area contributed by atoms with E-state index in [1.807, 2.05) is 19.0 Å². The van der Waals surface area contributed by atoms with E-state index in [2.05, 4.69) is 22.5 Å². The monoisotopic (exact) mass is 420 g/mol. The van der Waals surface area contributed by atoms with E-state index in [4.69, 9.17) is 4.84 Å². The summed E-state index contributed by atoms with van der Waals surface area (Å²) in [6, 6.07) is 0.119. The van der Waals surface area contributed by atoms with Gasteiger partial charge in [0.05, 0.1) is 6.42 Å². The van der Waals surface area contributed by atoms with Gasteiger partial charge in [0.1, 0.15) is 6.04 Å². The Labute approximate surface area is 169 Å². The highest BCUT2D eigenvalue weighted by Crippen LogP contribution is 2.13. The van der Waals surface area contributed by atoms with E-state index in [9.17, 15) is 24.0 Å². The van der Waals surface area contributed by atoms with E-state index in [1.165, 1.54) is 0 Å². The summed E-state index contributed by atoms with van der Waals surface area (Å²) in [5, 5.41) is 5.77. The summed E-state index contributed by atoms with van der Waals surface area (Å²) in [7, 11) is 3.88. The summed E-state index contributed by atoms with van der Waals surface area (Å²) in [5.41, 5.74) is 0. The van der Waals surface area contributed by atoms with Crippen LogP contribution in [0.3, 0.4) is 0 Å². The number of carbonyl (C=O) groups is 5. The third-order valence-corrected chi connectivity index (χ3v) is 5.10. The first kappa shape index (κ1) is 22.8. The summed E-state index contributed by atoms with van der Waals surface area (Å²) in [4.78, 5) is 67.4. The predicted molar refractivity (Wildman–Crippen MR) is 101 cm³/mol. The van der Waals surface area contributed by atoms with Gasteiger partial charge in [0, 0.05) is 51.5 Å². The van der Waals surface area contributed by atoms with E-state index in [1.54, 1.807) is 0 Å². The van der Waals surface area contributed by atoms with Crippen LogP contribution in [0.15, 0.2) is 0 Å². The zero-order valence-corrected chi connectivity index (χ0v) is 17.1. The average Bonchev–Trinajstić information content (AvgIpc) is 2.96. The molecule has 29 heavy (non-hydrogen) atoms.